The van der Waals surface area contributed by atoms with Gasteiger partial charge in [-0.25, -0.2) is 4.79 Å². The van der Waals surface area contributed by atoms with Crippen molar-refractivity contribution in [2.24, 2.45) is 0 Å². The van der Waals surface area contributed by atoms with Gasteiger partial charge in [-0.05, 0) is 79.6 Å². The predicted octanol–water partition coefficient (Wildman–Crippen LogP) is 3.59. The molecule has 4 heteroatoms. The molecule has 0 saturated heterocycles. The molecular formula is C20H21NO3. The molecule has 2 aromatic carbocycles. The van der Waals surface area contributed by atoms with Crippen molar-refractivity contribution >= 4 is 17.6 Å². The largest absolute Gasteiger partial charge is 0.452 e. The highest BCUT2D eigenvalue weighted by atomic mass is 16.5. The Bertz CT molecular complexity index is 795. The molecule has 4 nitrogen and oxygen atoms in total. The van der Waals surface area contributed by atoms with Crippen molar-refractivity contribution in [3.05, 3.63) is 64.2 Å². The van der Waals surface area contributed by atoms with Gasteiger partial charge >= 0.3 is 5.97 Å². The highest BCUT2D eigenvalue weighted by Crippen LogP contribution is 2.23. The number of esters is 1. The van der Waals surface area contributed by atoms with Gasteiger partial charge in [0.1, 0.15) is 0 Å². The summed E-state index contributed by atoms with van der Waals surface area (Å²) in [4.78, 5) is 24.0. The van der Waals surface area contributed by atoms with E-state index in [0.717, 1.165) is 30.4 Å². The number of aryl methyl sites for hydroxylation is 4. The van der Waals surface area contributed by atoms with Gasteiger partial charge in [0.15, 0.2) is 6.61 Å². The molecule has 0 aliphatic heterocycles. The Morgan fingerprint density at radius 2 is 1.79 bits per heavy atom. The molecule has 1 N–H and O–H groups in total. The number of carbonyl (C=O) groups is 2. The molecule has 2 aromatic rings. The minimum absolute atomic E-state index is 0.289. The third-order valence-electron chi connectivity index (χ3n) is 4.46. The van der Waals surface area contributed by atoms with Gasteiger partial charge in [0.2, 0.25) is 0 Å². The van der Waals surface area contributed by atoms with Gasteiger partial charge in [-0.1, -0.05) is 12.1 Å². The van der Waals surface area contributed by atoms with Crippen LogP contribution in [0, 0.1) is 13.8 Å². The molecule has 0 saturated carbocycles. The van der Waals surface area contributed by atoms with E-state index < -0.39 is 5.97 Å². The monoisotopic (exact) mass is 323 g/mol. The zero-order valence-corrected chi connectivity index (χ0v) is 14.0. The van der Waals surface area contributed by atoms with Gasteiger partial charge in [0, 0.05) is 5.69 Å². The Hall–Kier alpha value is -2.62. The Labute approximate surface area is 141 Å². The topological polar surface area (TPSA) is 55.4 Å². The summed E-state index contributed by atoms with van der Waals surface area (Å²) in [5.41, 5.74) is 5.99. The molecule has 124 valence electrons. The van der Waals surface area contributed by atoms with Gasteiger partial charge < -0.3 is 10.1 Å². The Morgan fingerprint density at radius 3 is 2.58 bits per heavy atom. The minimum Gasteiger partial charge on any atom is -0.452 e. The second-order valence-corrected chi connectivity index (χ2v) is 6.26. The Balaban J connectivity index is 1.55. The number of fused-ring (bicyclic) bond motifs is 1. The lowest BCUT2D eigenvalue weighted by Crippen LogP contribution is -2.21. The summed E-state index contributed by atoms with van der Waals surface area (Å²) in [7, 11) is 0. The third-order valence-corrected chi connectivity index (χ3v) is 4.46. The standard InChI is InChI=1S/C20H21NO3/c1-13-6-9-18(10-14(13)2)21-19(22)12-24-20(23)17-8-7-15-4-3-5-16(15)11-17/h6-11H,3-5,12H2,1-2H3,(H,21,22). The number of benzene rings is 2. The molecule has 0 radical (unpaired) electrons. The van der Waals surface area contributed by atoms with Crippen LogP contribution in [0.5, 0.6) is 0 Å². The lowest BCUT2D eigenvalue weighted by molar-refractivity contribution is -0.119. The number of hydrogen-bond donors (Lipinski definition) is 1. The van der Waals surface area contributed by atoms with E-state index in [0.29, 0.717) is 11.3 Å². The van der Waals surface area contributed by atoms with E-state index in [1.165, 1.54) is 11.1 Å². The summed E-state index contributed by atoms with van der Waals surface area (Å²) < 4.78 is 5.12. The Kier molecular flexibility index (Phi) is 4.65. The van der Waals surface area contributed by atoms with Crippen LogP contribution in [0.4, 0.5) is 5.69 Å². The lowest BCUT2D eigenvalue weighted by Gasteiger charge is -2.09. The molecule has 0 fully saturated rings. The van der Waals surface area contributed by atoms with Gasteiger partial charge in [0.05, 0.1) is 5.56 Å². The average molecular weight is 323 g/mol. The first-order chi connectivity index (χ1) is 11.5. The first kappa shape index (κ1) is 16.2. The highest BCUT2D eigenvalue weighted by molar-refractivity contribution is 5.95. The van der Waals surface area contributed by atoms with Crippen molar-refractivity contribution in [1.29, 1.82) is 0 Å². The maximum absolute atomic E-state index is 12.1. The van der Waals surface area contributed by atoms with Gasteiger partial charge in [-0.2, -0.15) is 0 Å². The van der Waals surface area contributed by atoms with Crippen LogP contribution in [0.15, 0.2) is 36.4 Å². The van der Waals surface area contributed by atoms with E-state index in [1.807, 2.05) is 44.2 Å². The van der Waals surface area contributed by atoms with Gasteiger partial charge in [-0.15, -0.1) is 0 Å². The zero-order chi connectivity index (χ0) is 17.1. The number of hydrogen-bond acceptors (Lipinski definition) is 3. The summed E-state index contributed by atoms with van der Waals surface area (Å²) in [6, 6.07) is 11.3. The molecule has 0 atom stereocenters. The summed E-state index contributed by atoms with van der Waals surface area (Å²) >= 11 is 0. The molecule has 1 aliphatic rings. The first-order valence-corrected chi connectivity index (χ1v) is 8.19. The summed E-state index contributed by atoms with van der Waals surface area (Å²) in [5.74, 6) is -0.798. The van der Waals surface area contributed by atoms with Crippen LogP contribution in [0.1, 0.15) is 39.0 Å². The number of carbonyl (C=O) groups excluding carboxylic acids is 2. The van der Waals surface area contributed by atoms with Crippen LogP contribution in [-0.2, 0) is 22.4 Å². The quantitative estimate of drug-likeness (QED) is 0.875. The van der Waals surface area contributed by atoms with Crippen LogP contribution in [-0.4, -0.2) is 18.5 Å². The maximum Gasteiger partial charge on any atom is 0.338 e. The molecule has 0 aromatic heterocycles. The number of amides is 1. The van der Waals surface area contributed by atoms with Crippen molar-refractivity contribution in [3.8, 4) is 0 Å². The molecule has 0 unspecified atom stereocenters. The second-order valence-electron chi connectivity index (χ2n) is 6.26. The second kappa shape index (κ2) is 6.87. The lowest BCUT2D eigenvalue weighted by atomic mass is 10.1. The van der Waals surface area contributed by atoms with Crippen molar-refractivity contribution < 1.29 is 14.3 Å². The van der Waals surface area contributed by atoms with E-state index in [4.69, 9.17) is 4.74 Å². The van der Waals surface area contributed by atoms with E-state index >= 15 is 0 Å². The predicted molar refractivity (Wildman–Crippen MR) is 93.3 cm³/mol. The fraction of sp³-hybridized carbons (Fsp3) is 0.300. The van der Waals surface area contributed by atoms with Crippen molar-refractivity contribution in [2.45, 2.75) is 33.1 Å². The summed E-state index contributed by atoms with van der Waals surface area (Å²) in [6.07, 6.45) is 3.21. The molecule has 0 spiro atoms. The van der Waals surface area contributed by atoms with Crippen LogP contribution in [0.3, 0.4) is 0 Å². The normalized spacial score (nSPS) is 12.6. The third kappa shape index (κ3) is 3.65. The molecule has 0 heterocycles. The smallest absolute Gasteiger partial charge is 0.338 e. The summed E-state index contributed by atoms with van der Waals surface area (Å²) in [5, 5.41) is 2.74. The first-order valence-electron chi connectivity index (χ1n) is 8.19. The highest BCUT2D eigenvalue weighted by Gasteiger charge is 2.15. The van der Waals surface area contributed by atoms with Crippen molar-refractivity contribution in [3.63, 3.8) is 0 Å². The molecule has 1 aliphatic carbocycles. The van der Waals surface area contributed by atoms with Crippen LogP contribution < -0.4 is 5.32 Å². The number of nitrogens with one attached hydrogen (secondary N) is 1. The summed E-state index contributed by atoms with van der Waals surface area (Å²) in [6.45, 7) is 3.71. The van der Waals surface area contributed by atoms with Crippen LogP contribution in [0.25, 0.3) is 0 Å². The number of rotatable bonds is 4. The molecule has 3 rings (SSSR count). The van der Waals surface area contributed by atoms with Crippen LogP contribution >= 0.6 is 0 Å². The fourth-order valence-electron chi connectivity index (χ4n) is 2.93. The zero-order valence-electron chi connectivity index (χ0n) is 14.0. The molecule has 0 bridgehead atoms. The fourth-order valence-corrected chi connectivity index (χ4v) is 2.93. The van der Waals surface area contributed by atoms with E-state index in [-0.39, 0.29) is 12.5 Å². The van der Waals surface area contributed by atoms with Gasteiger partial charge in [0.25, 0.3) is 5.91 Å². The minimum atomic E-state index is -0.458. The average Bonchev–Trinajstić information content (AvgIpc) is 3.03. The van der Waals surface area contributed by atoms with E-state index in [9.17, 15) is 9.59 Å². The molecular weight excluding hydrogens is 302 g/mol. The molecule has 1 amide bonds. The van der Waals surface area contributed by atoms with Crippen LogP contribution in [0.2, 0.25) is 0 Å². The maximum atomic E-state index is 12.1. The number of ether oxygens (including phenoxy) is 1. The van der Waals surface area contributed by atoms with Gasteiger partial charge in [-0.3, -0.25) is 4.79 Å². The Morgan fingerprint density at radius 1 is 1.00 bits per heavy atom. The van der Waals surface area contributed by atoms with E-state index in [1.54, 1.807) is 6.07 Å². The van der Waals surface area contributed by atoms with Crippen molar-refractivity contribution in [2.75, 3.05) is 11.9 Å². The van der Waals surface area contributed by atoms with Crippen molar-refractivity contribution in [1.82, 2.24) is 0 Å². The molecule has 24 heavy (non-hydrogen) atoms. The van der Waals surface area contributed by atoms with E-state index in [2.05, 4.69) is 5.32 Å². The number of anilines is 1. The SMILES string of the molecule is Cc1ccc(NC(=O)COC(=O)c2ccc3c(c2)CCC3)cc1C.